The van der Waals surface area contributed by atoms with Crippen LogP contribution in [0.5, 0.6) is 0 Å². The number of pyridine rings is 1. The van der Waals surface area contributed by atoms with Crippen LogP contribution in [0.15, 0.2) is 85.2 Å². The fourth-order valence-corrected chi connectivity index (χ4v) is 3.31. The summed E-state index contributed by atoms with van der Waals surface area (Å²) >= 11 is 0. The van der Waals surface area contributed by atoms with Crippen LogP contribution in [0.4, 0.5) is 0 Å². The molecule has 0 saturated carbocycles. The van der Waals surface area contributed by atoms with Gasteiger partial charge in [0.05, 0.1) is 0 Å². The Hall–Kier alpha value is -3.40. The highest BCUT2D eigenvalue weighted by Gasteiger charge is 2.19. The number of rotatable bonds is 6. The predicted octanol–water partition coefficient (Wildman–Crippen LogP) is 4.53. The number of carbonyl (C=O) groups is 1. The van der Waals surface area contributed by atoms with Gasteiger partial charge >= 0.3 is 0 Å². The number of fused-ring (bicyclic) bond motifs is 1. The zero-order valence-corrected chi connectivity index (χ0v) is 16.0. The van der Waals surface area contributed by atoms with Crippen molar-refractivity contribution in [3.63, 3.8) is 0 Å². The molecule has 4 rings (SSSR count). The van der Waals surface area contributed by atoms with E-state index in [2.05, 4.69) is 29.2 Å². The molecule has 4 nitrogen and oxygen atoms in total. The summed E-state index contributed by atoms with van der Waals surface area (Å²) in [5.41, 5.74) is 4.74. The molecule has 0 unspecified atom stereocenters. The summed E-state index contributed by atoms with van der Waals surface area (Å²) in [6, 6.07) is 24.4. The van der Waals surface area contributed by atoms with Crippen LogP contribution in [0.1, 0.15) is 27.2 Å². The topological polar surface area (TPSA) is 37.6 Å². The van der Waals surface area contributed by atoms with E-state index in [1.165, 1.54) is 5.56 Å². The number of aryl methyl sites for hydroxylation is 1. The maximum atomic E-state index is 13.3. The molecule has 0 N–H and O–H groups in total. The fraction of sp³-hybridized carbons (Fsp3) is 0.167. The molecule has 4 heteroatoms. The number of carbonyl (C=O) groups excluding carboxylic acids is 1. The Kier molecular flexibility index (Phi) is 5.20. The number of benzene rings is 2. The van der Waals surface area contributed by atoms with Gasteiger partial charge in [-0.3, -0.25) is 4.79 Å². The Morgan fingerprint density at radius 2 is 1.64 bits per heavy atom. The molecule has 0 aliphatic rings. The van der Waals surface area contributed by atoms with Crippen molar-refractivity contribution < 1.29 is 4.79 Å². The summed E-state index contributed by atoms with van der Waals surface area (Å²) < 4.78 is 1.90. The smallest absolute Gasteiger partial charge is 0.274 e. The Labute approximate surface area is 165 Å². The monoisotopic (exact) mass is 369 g/mol. The molecule has 28 heavy (non-hydrogen) atoms. The largest absolute Gasteiger partial charge is 0.333 e. The van der Waals surface area contributed by atoms with E-state index in [0.717, 1.165) is 23.2 Å². The second-order valence-electron chi connectivity index (χ2n) is 7.04. The van der Waals surface area contributed by atoms with Crippen LogP contribution in [0.25, 0.3) is 5.65 Å². The summed E-state index contributed by atoms with van der Waals surface area (Å²) in [6.45, 7) is 3.24. The highest BCUT2D eigenvalue weighted by Crippen LogP contribution is 2.14. The molecule has 4 aromatic rings. The first-order valence-electron chi connectivity index (χ1n) is 9.51. The first-order chi connectivity index (χ1) is 13.7. The van der Waals surface area contributed by atoms with Gasteiger partial charge in [0.2, 0.25) is 0 Å². The summed E-state index contributed by atoms with van der Waals surface area (Å²) in [5, 5.41) is 0. The molecular formula is C24H23N3O. The number of aromatic nitrogens is 2. The van der Waals surface area contributed by atoms with Gasteiger partial charge in [-0.15, -0.1) is 0 Å². The van der Waals surface area contributed by atoms with Gasteiger partial charge in [-0.2, -0.15) is 0 Å². The average molecular weight is 369 g/mol. The van der Waals surface area contributed by atoms with Gasteiger partial charge in [0.15, 0.2) is 0 Å². The van der Waals surface area contributed by atoms with Gasteiger partial charge in [0.1, 0.15) is 11.3 Å². The Morgan fingerprint density at radius 1 is 0.964 bits per heavy atom. The number of imidazole rings is 1. The lowest BCUT2D eigenvalue weighted by molar-refractivity contribution is 0.0740. The van der Waals surface area contributed by atoms with E-state index in [9.17, 15) is 4.79 Å². The van der Waals surface area contributed by atoms with Crippen LogP contribution < -0.4 is 0 Å². The van der Waals surface area contributed by atoms with Crippen LogP contribution in [0.3, 0.4) is 0 Å². The fourth-order valence-electron chi connectivity index (χ4n) is 3.31. The normalized spacial score (nSPS) is 10.9. The van der Waals surface area contributed by atoms with Crippen molar-refractivity contribution in [3.8, 4) is 0 Å². The predicted molar refractivity (Wildman–Crippen MR) is 111 cm³/mol. The molecule has 2 aromatic heterocycles. The van der Waals surface area contributed by atoms with Crippen LogP contribution in [-0.2, 0) is 13.0 Å². The quantitative estimate of drug-likeness (QED) is 0.501. The minimum Gasteiger partial charge on any atom is -0.333 e. The zero-order chi connectivity index (χ0) is 19.3. The molecule has 140 valence electrons. The number of amides is 1. The average Bonchev–Trinajstić information content (AvgIpc) is 3.15. The Morgan fingerprint density at radius 3 is 2.36 bits per heavy atom. The molecule has 0 fully saturated rings. The lowest BCUT2D eigenvalue weighted by Crippen LogP contribution is -2.32. The minimum absolute atomic E-state index is 0.0406. The van der Waals surface area contributed by atoms with Gasteiger partial charge in [-0.1, -0.05) is 60.7 Å². The molecule has 0 spiro atoms. The highest BCUT2D eigenvalue weighted by atomic mass is 16.2. The van der Waals surface area contributed by atoms with E-state index >= 15 is 0 Å². The van der Waals surface area contributed by atoms with Gasteiger partial charge < -0.3 is 9.30 Å². The maximum absolute atomic E-state index is 13.3. The number of hydrogen-bond acceptors (Lipinski definition) is 2. The summed E-state index contributed by atoms with van der Waals surface area (Å²) in [4.78, 5) is 19.7. The van der Waals surface area contributed by atoms with E-state index in [1.54, 1.807) is 0 Å². The molecule has 0 aliphatic carbocycles. The third-order valence-corrected chi connectivity index (χ3v) is 4.85. The van der Waals surface area contributed by atoms with Crippen molar-refractivity contribution in [2.75, 3.05) is 6.54 Å². The second-order valence-corrected chi connectivity index (χ2v) is 7.04. The van der Waals surface area contributed by atoms with E-state index in [4.69, 9.17) is 0 Å². The second kappa shape index (κ2) is 8.09. The standard InChI is InChI=1S/C24H23N3O/c1-19-12-14-26-18-22(25-23(26)16-19)24(28)27(17-21-10-6-3-7-11-21)15-13-20-8-4-2-5-9-20/h2-12,14,16,18H,13,15,17H2,1H3. The van der Waals surface area contributed by atoms with Crippen LogP contribution >= 0.6 is 0 Å². The van der Waals surface area contributed by atoms with Crippen molar-refractivity contribution in [2.24, 2.45) is 0 Å². The number of nitrogens with zero attached hydrogens (tertiary/aromatic N) is 3. The molecule has 0 aliphatic heterocycles. The van der Waals surface area contributed by atoms with Crippen LogP contribution in [0.2, 0.25) is 0 Å². The molecule has 0 radical (unpaired) electrons. The van der Waals surface area contributed by atoms with Crippen molar-refractivity contribution >= 4 is 11.6 Å². The summed E-state index contributed by atoms with van der Waals surface area (Å²) in [5.74, 6) is -0.0406. The lowest BCUT2D eigenvalue weighted by Gasteiger charge is -2.22. The van der Waals surface area contributed by atoms with E-state index in [0.29, 0.717) is 18.8 Å². The Bertz CT molecular complexity index is 1070. The van der Waals surface area contributed by atoms with E-state index in [-0.39, 0.29) is 5.91 Å². The third kappa shape index (κ3) is 4.12. The third-order valence-electron chi connectivity index (χ3n) is 4.85. The van der Waals surface area contributed by atoms with Crippen molar-refractivity contribution in [3.05, 3.63) is 108 Å². The minimum atomic E-state index is -0.0406. The van der Waals surface area contributed by atoms with Gasteiger partial charge in [0.25, 0.3) is 5.91 Å². The van der Waals surface area contributed by atoms with E-state index in [1.807, 2.05) is 77.1 Å². The van der Waals surface area contributed by atoms with E-state index < -0.39 is 0 Å². The first-order valence-corrected chi connectivity index (χ1v) is 9.51. The molecule has 0 atom stereocenters. The van der Waals surface area contributed by atoms with Crippen molar-refractivity contribution in [1.29, 1.82) is 0 Å². The highest BCUT2D eigenvalue weighted by molar-refractivity contribution is 5.93. The van der Waals surface area contributed by atoms with Crippen LogP contribution in [-0.4, -0.2) is 26.7 Å². The zero-order valence-electron chi connectivity index (χ0n) is 16.0. The SMILES string of the molecule is Cc1ccn2cc(C(=O)N(CCc3ccccc3)Cc3ccccc3)nc2c1. The lowest BCUT2D eigenvalue weighted by atomic mass is 10.1. The molecule has 2 heterocycles. The van der Waals surface area contributed by atoms with Crippen molar-refractivity contribution in [2.45, 2.75) is 19.9 Å². The summed E-state index contributed by atoms with van der Waals surface area (Å²) in [6.07, 6.45) is 4.57. The molecule has 0 bridgehead atoms. The molecule has 1 amide bonds. The van der Waals surface area contributed by atoms with Gasteiger partial charge in [-0.05, 0) is 42.2 Å². The first kappa shape index (κ1) is 18.0. The van der Waals surface area contributed by atoms with Gasteiger partial charge in [0, 0.05) is 25.5 Å². The molecule has 0 saturated heterocycles. The summed E-state index contributed by atoms with van der Waals surface area (Å²) in [7, 11) is 0. The van der Waals surface area contributed by atoms with Crippen LogP contribution in [0, 0.1) is 6.92 Å². The Balaban J connectivity index is 1.59. The maximum Gasteiger partial charge on any atom is 0.274 e. The number of hydrogen-bond donors (Lipinski definition) is 0. The molecule has 2 aromatic carbocycles. The molecular weight excluding hydrogens is 346 g/mol. The van der Waals surface area contributed by atoms with Gasteiger partial charge in [-0.25, -0.2) is 4.98 Å². The van der Waals surface area contributed by atoms with Crippen molar-refractivity contribution in [1.82, 2.24) is 14.3 Å².